The van der Waals surface area contributed by atoms with Crippen LogP contribution in [0.5, 0.6) is 0 Å². The second-order valence-corrected chi connectivity index (χ2v) is 3.23. The Morgan fingerprint density at radius 3 is 2.50 bits per heavy atom. The third-order valence-corrected chi connectivity index (χ3v) is 2.09. The van der Waals surface area contributed by atoms with E-state index in [1.165, 1.54) is 6.07 Å². The number of halogens is 3. The highest BCUT2D eigenvalue weighted by Gasteiger charge is 2.30. The molecule has 0 saturated heterocycles. The van der Waals surface area contributed by atoms with Crippen molar-refractivity contribution in [3.8, 4) is 0 Å². The Bertz CT molecular complexity index is 557. The van der Waals surface area contributed by atoms with Gasteiger partial charge in [0, 0.05) is 5.39 Å². The predicted octanol–water partition coefficient (Wildman–Crippen LogP) is 2.55. The summed E-state index contributed by atoms with van der Waals surface area (Å²) in [5, 5.41) is 0.198. The Morgan fingerprint density at radius 1 is 1.25 bits per heavy atom. The minimum Gasteiger partial charge on any atom is -0.451 e. The van der Waals surface area contributed by atoms with E-state index >= 15 is 0 Å². The standard InChI is InChI=1S/C10H6F3NO2/c11-10(12,13)6-1-2-7-5(3-6)4-8(16-7)9(14)15/h1-4H,(H2,14,15). The number of fused-ring (bicyclic) bond motifs is 1. The van der Waals surface area contributed by atoms with Crippen LogP contribution < -0.4 is 5.73 Å². The first-order valence-corrected chi connectivity index (χ1v) is 4.28. The minimum absolute atomic E-state index is 0.158. The van der Waals surface area contributed by atoms with Gasteiger partial charge in [-0.3, -0.25) is 4.79 Å². The molecule has 1 aromatic carbocycles. The van der Waals surface area contributed by atoms with Crippen LogP contribution in [0, 0.1) is 0 Å². The van der Waals surface area contributed by atoms with Crippen molar-refractivity contribution >= 4 is 16.9 Å². The SMILES string of the molecule is NC(=O)c1cc2cc(C(F)(F)F)ccc2o1. The van der Waals surface area contributed by atoms with Crippen LogP contribution in [0.15, 0.2) is 28.7 Å². The first kappa shape index (κ1) is 10.5. The van der Waals surface area contributed by atoms with Crippen LogP contribution in [-0.4, -0.2) is 5.91 Å². The molecule has 0 fully saturated rings. The zero-order valence-electron chi connectivity index (χ0n) is 7.84. The second kappa shape index (κ2) is 3.26. The van der Waals surface area contributed by atoms with Gasteiger partial charge in [-0.25, -0.2) is 0 Å². The molecule has 0 radical (unpaired) electrons. The number of furan rings is 1. The highest BCUT2D eigenvalue weighted by molar-refractivity contribution is 5.95. The molecular formula is C10H6F3NO2. The summed E-state index contributed by atoms with van der Waals surface area (Å²) in [6.07, 6.45) is -4.42. The summed E-state index contributed by atoms with van der Waals surface area (Å²) in [4.78, 5) is 10.8. The molecule has 2 rings (SSSR count). The fourth-order valence-corrected chi connectivity index (χ4v) is 1.34. The van der Waals surface area contributed by atoms with Gasteiger partial charge in [-0.05, 0) is 24.3 Å². The molecular weight excluding hydrogens is 223 g/mol. The number of carbonyl (C=O) groups is 1. The molecule has 1 aromatic heterocycles. The Hall–Kier alpha value is -1.98. The average Bonchev–Trinajstić information content (AvgIpc) is 2.58. The van der Waals surface area contributed by atoms with E-state index in [4.69, 9.17) is 10.2 Å². The van der Waals surface area contributed by atoms with Crippen molar-refractivity contribution in [2.45, 2.75) is 6.18 Å². The fourth-order valence-electron chi connectivity index (χ4n) is 1.34. The summed E-state index contributed by atoms with van der Waals surface area (Å²) in [5.74, 6) is -0.973. The number of rotatable bonds is 1. The third kappa shape index (κ3) is 1.73. The lowest BCUT2D eigenvalue weighted by molar-refractivity contribution is -0.137. The lowest BCUT2D eigenvalue weighted by atomic mass is 10.1. The number of hydrogen-bond acceptors (Lipinski definition) is 2. The second-order valence-electron chi connectivity index (χ2n) is 3.23. The maximum absolute atomic E-state index is 12.4. The van der Waals surface area contributed by atoms with Crippen LogP contribution in [0.3, 0.4) is 0 Å². The van der Waals surface area contributed by atoms with Gasteiger partial charge in [-0.2, -0.15) is 13.2 Å². The summed E-state index contributed by atoms with van der Waals surface area (Å²) in [6.45, 7) is 0. The van der Waals surface area contributed by atoms with Gasteiger partial charge in [-0.15, -0.1) is 0 Å². The van der Waals surface area contributed by atoms with Gasteiger partial charge in [-0.1, -0.05) is 0 Å². The molecule has 0 aliphatic carbocycles. The van der Waals surface area contributed by atoms with E-state index in [9.17, 15) is 18.0 Å². The summed E-state index contributed by atoms with van der Waals surface area (Å²) in [6, 6.07) is 4.14. The summed E-state index contributed by atoms with van der Waals surface area (Å²) in [5.41, 5.74) is 4.35. The third-order valence-electron chi connectivity index (χ3n) is 2.09. The van der Waals surface area contributed by atoms with E-state index in [1.807, 2.05) is 0 Å². The van der Waals surface area contributed by atoms with Crippen LogP contribution in [0.25, 0.3) is 11.0 Å². The lowest BCUT2D eigenvalue weighted by Gasteiger charge is -2.04. The Kier molecular flexibility index (Phi) is 2.15. The largest absolute Gasteiger partial charge is 0.451 e. The maximum Gasteiger partial charge on any atom is 0.416 e. The molecule has 0 bridgehead atoms. The molecule has 2 aromatic rings. The molecule has 1 heterocycles. The number of benzene rings is 1. The Balaban J connectivity index is 2.58. The molecule has 0 unspecified atom stereocenters. The number of hydrogen-bond donors (Lipinski definition) is 1. The fraction of sp³-hybridized carbons (Fsp3) is 0.100. The van der Waals surface area contributed by atoms with E-state index in [0.717, 1.165) is 18.2 Å². The van der Waals surface area contributed by atoms with E-state index in [0.29, 0.717) is 0 Å². The number of primary amides is 1. The molecule has 84 valence electrons. The molecule has 1 amide bonds. The molecule has 6 heteroatoms. The van der Waals surface area contributed by atoms with E-state index < -0.39 is 17.6 Å². The van der Waals surface area contributed by atoms with E-state index in [2.05, 4.69) is 0 Å². The first-order chi connectivity index (χ1) is 7.38. The van der Waals surface area contributed by atoms with Gasteiger partial charge in [0.2, 0.25) is 0 Å². The topological polar surface area (TPSA) is 56.2 Å². The van der Waals surface area contributed by atoms with Gasteiger partial charge < -0.3 is 10.2 Å². The van der Waals surface area contributed by atoms with Crippen molar-refractivity contribution in [1.82, 2.24) is 0 Å². The van der Waals surface area contributed by atoms with Crippen molar-refractivity contribution in [3.05, 3.63) is 35.6 Å². The monoisotopic (exact) mass is 229 g/mol. The average molecular weight is 229 g/mol. The highest BCUT2D eigenvalue weighted by Crippen LogP contribution is 2.32. The molecule has 3 nitrogen and oxygen atoms in total. The number of alkyl halides is 3. The molecule has 0 aliphatic rings. The first-order valence-electron chi connectivity index (χ1n) is 4.28. The summed E-state index contributed by atoms with van der Waals surface area (Å²) < 4.78 is 42.0. The van der Waals surface area contributed by atoms with Crippen molar-refractivity contribution in [3.63, 3.8) is 0 Å². The van der Waals surface area contributed by atoms with Gasteiger partial charge in [0.05, 0.1) is 5.56 Å². The smallest absolute Gasteiger partial charge is 0.416 e. The number of amides is 1. The molecule has 0 saturated carbocycles. The van der Waals surface area contributed by atoms with Gasteiger partial charge in [0.15, 0.2) is 5.76 Å². The lowest BCUT2D eigenvalue weighted by Crippen LogP contribution is -2.08. The predicted molar refractivity (Wildman–Crippen MR) is 49.7 cm³/mol. The number of nitrogens with two attached hydrogens (primary N) is 1. The van der Waals surface area contributed by atoms with Crippen LogP contribution in [-0.2, 0) is 6.18 Å². The van der Waals surface area contributed by atoms with Crippen LogP contribution in [0.4, 0.5) is 13.2 Å². The van der Waals surface area contributed by atoms with E-state index in [-0.39, 0.29) is 16.7 Å². The van der Waals surface area contributed by atoms with Crippen LogP contribution in [0.1, 0.15) is 16.1 Å². The molecule has 0 spiro atoms. The van der Waals surface area contributed by atoms with Gasteiger partial charge in [0.25, 0.3) is 5.91 Å². The zero-order valence-corrected chi connectivity index (χ0v) is 7.84. The van der Waals surface area contributed by atoms with Crippen molar-refractivity contribution < 1.29 is 22.4 Å². The van der Waals surface area contributed by atoms with Crippen LogP contribution >= 0.6 is 0 Å². The molecule has 2 N–H and O–H groups in total. The van der Waals surface area contributed by atoms with E-state index in [1.54, 1.807) is 0 Å². The van der Waals surface area contributed by atoms with Crippen molar-refractivity contribution in [2.24, 2.45) is 5.73 Å². The highest BCUT2D eigenvalue weighted by atomic mass is 19.4. The normalized spacial score (nSPS) is 11.9. The number of carbonyl (C=O) groups excluding carboxylic acids is 1. The van der Waals surface area contributed by atoms with Crippen molar-refractivity contribution in [2.75, 3.05) is 0 Å². The summed E-state index contributed by atoms with van der Waals surface area (Å²) in [7, 11) is 0. The maximum atomic E-state index is 12.4. The minimum atomic E-state index is -4.42. The Morgan fingerprint density at radius 2 is 1.94 bits per heavy atom. The quantitative estimate of drug-likeness (QED) is 0.816. The van der Waals surface area contributed by atoms with Gasteiger partial charge >= 0.3 is 6.18 Å². The molecule has 16 heavy (non-hydrogen) atoms. The molecule has 0 aliphatic heterocycles. The summed E-state index contributed by atoms with van der Waals surface area (Å²) >= 11 is 0. The van der Waals surface area contributed by atoms with Gasteiger partial charge in [0.1, 0.15) is 5.58 Å². The molecule has 0 atom stereocenters. The Labute approximate surface area is 87.6 Å². The van der Waals surface area contributed by atoms with Crippen molar-refractivity contribution in [1.29, 1.82) is 0 Å². The zero-order chi connectivity index (χ0) is 11.9. The van der Waals surface area contributed by atoms with Crippen LogP contribution in [0.2, 0.25) is 0 Å².